The number of halogens is 1. The standard InChI is InChI=1S/C8H13BrN2O2S/c1-11(3-6(12)4-13-2)8-10-7(9)5-14-8/h5-6,12H,3-4H2,1-2H3. The molecule has 0 aliphatic heterocycles. The van der Waals surface area contributed by atoms with Crippen molar-refractivity contribution < 1.29 is 9.84 Å². The molecule has 0 aliphatic rings. The Morgan fingerprint density at radius 3 is 3.00 bits per heavy atom. The molecule has 4 nitrogen and oxygen atoms in total. The number of methoxy groups -OCH3 is 1. The number of hydrogen-bond donors (Lipinski definition) is 1. The zero-order chi connectivity index (χ0) is 10.6. The number of aromatic nitrogens is 1. The van der Waals surface area contributed by atoms with Crippen LogP contribution in [0, 0.1) is 0 Å². The highest BCUT2D eigenvalue weighted by Crippen LogP contribution is 2.22. The van der Waals surface area contributed by atoms with Crippen molar-refractivity contribution in [2.45, 2.75) is 6.10 Å². The van der Waals surface area contributed by atoms with E-state index in [2.05, 4.69) is 20.9 Å². The van der Waals surface area contributed by atoms with E-state index in [1.54, 1.807) is 7.11 Å². The van der Waals surface area contributed by atoms with Gasteiger partial charge < -0.3 is 14.7 Å². The van der Waals surface area contributed by atoms with E-state index >= 15 is 0 Å². The molecule has 1 atom stereocenters. The maximum Gasteiger partial charge on any atom is 0.186 e. The average Bonchev–Trinajstić information content (AvgIpc) is 2.52. The summed E-state index contributed by atoms with van der Waals surface area (Å²) in [6.07, 6.45) is -0.479. The van der Waals surface area contributed by atoms with Gasteiger partial charge in [0.25, 0.3) is 0 Å². The molecule has 6 heteroatoms. The van der Waals surface area contributed by atoms with Crippen LogP contribution in [0.25, 0.3) is 0 Å². The first kappa shape index (κ1) is 11.9. The molecule has 0 radical (unpaired) electrons. The summed E-state index contributed by atoms with van der Waals surface area (Å²) in [5.74, 6) is 0. The van der Waals surface area contributed by atoms with E-state index in [9.17, 15) is 5.11 Å². The Bertz CT molecular complexity index is 282. The van der Waals surface area contributed by atoms with Gasteiger partial charge in [0, 0.05) is 26.1 Å². The van der Waals surface area contributed by atoms with E-state index in [1.807, 2.05) is 17.3 Å². The molecule has 0 aromatic carbocycles. The lowest BCUT2D eigenvalue weighted by atomic mass is 10.3. The van der Waals surface area contributed by atoms with Crippen LogP contribution >= 0.6 is 27.3 Å². The van der Waals surface area contributed by atoms with Crippen LogP contribution < -0.4 is 4.90 Å². The predicted octanol–water partition coefficient (Wildman–Crippen LogP) is 1.35. The van der Waals surface area contributed by atoms with Gasteiger partial charge in [0.1, 0.15) is 4.60 Å². The highest BCUT2D eigenvalue weighted by molar-refractivity contribution is 9.10. The molecule has 0 saturated carbocycles. The molecule has 0 saturated heterocycles. The second-order valence-electron chi connectivity index (χ2n) is 2.94. The SMILES string of the molecule is COCC(O)CN(C)c1nc(Br)cs1. The van der Waals surface area contributed by atoms with Crippen LogP contribution in [0.4, 0.5) is 5.13 Å². The van der Waals surface area contributed by atoms with Crippen molar-refractivity contribution in [1.82, 2.24) is 4.98 Å². The summed E-state index contributed by atoms with van der Waals surface area (Å²) in [4.78, 5) is 6.13. The summed E-state index contributed by atoms with van der Waals surface area (Å²) < 4.78 is 5.67. The van der Waals surface area contributed by atoms with Crippen molar-refractivity contribution in [3.63, 3.8) is 0 Å². The number of rotatable bonds is 5. The third kappa shape index (κ3) is 3.53. The lowest BCUT2D eigenvalue weighted by Crippen LogP contribution is -2.31. The fourth-order valence-corrected chi connectivity index (χ4v) is 2.29. The predicted molar refractivity (Wildman–Crippen MR) is 61.0 cm³/mol. The van der Waals surface area contributed by atoms with Gasteiger partial charge in [0.05, 0.1) is 12.7 Å². The number of aliphatic hydroxyl groups is 1. The Morgan fingerprint density at radius 1 is 1.79 bits per heavy atom. The van der Waals surface area contributed by atoms with Gasteiger partial charge in [0.15, 0.2) is 5.13 Å². The largest absolute Gasteiger partial charge is 0.389 e. The molecular weight excluding hydrogens is 268 g/mol. The van der Waals surface area contributed by atoms with E-state index in [0.29, 0.717) is 13.2 Å². The molecule has 1 rings (SSSR count). The van der Waals surface area contributed by atoms with Crippen LogP contribution in [0.15, 0.2) is 9.98 Å². The van der Waals surface area contributed by atoms with Crippen LogP contribution in [0.1, 0.15) is 0 Å². The van der Waals surface area contributed by atoms with Crippen LogP contribution in [0.2, 0.25) is 0 Å². The highest BCUT2D eigenvalue weighted by atomic mass is 79.9. The second kappa shape index (κ2) is 5.65. The number of likely N-dealkylation sites (N-methyl/N-ethyl adjacent to an activating group) is 1. The first-order valence-electron chi connectivity index (χ1n) is 4.12. The van der Waals surface area contributed by atoms with Gasteiger partial charge in [-0.15, -0.1) is 11.3 Å². The highest BCUT2D eigenvalue weighted by Gasteiger charge is 2.10. The Morgan fingerprint density at radius 2 is 2.50 bits per heavy atom. The van der Waals surface area contributed by atoms with E-state index in [-0.39, 0.29) is 0 Å². The van der Waals surface area contributed by atoms with Crippen LogP contribution in [-0.4, -0.2) is 43.5 Å². The average molecular weight is 281 g/mol. The topological polar surface area (TPSA) is 45.6 Å². The summed E-state index contributed by atoms with van der Waals surface area (Å²) >= 11 is 4.82. The maximum absolute atomic E-state index is 9.49. The van der Waals surface area contributed by atoms with E-state index < -0.39 is 6.10 Å². The van der Waals surface area contributed by atoms with Crippen molar-refractivity contribution >= 4 is 32.4 Å². The van der Waals surface area contributed by atoms with Gasteiger partial charge in [-0.2, -0.15) is 0 Å². The number of nitrogens with zero attached hydrogens (tertiary/aromatic N) is 2. The molecular formula is C8H13BrN2O2S. The maximum atomic E-state index is 9.49. The lowest BCUT2D eigenvalue weighted by Gasteiger charge is -2.19. The quantitative estimate of drug-likeness (QED) is 0.885. The van der Waals surface area contributed by atoms with Gasteiger partial charge in [-0.25, -0.2) is 4.98 Å². The third-order valence-corrected chi connectivity index (χ3v) is 3.30. The molecule has 1 unspecified atom stereocenters. The molecule has 14 heavy (non-hydrogen) atoms. The summed E-state index contributed by atoms with van der Waals surface area (Å²) in [5.41, 5.74) is 0. The van der Waals surface area contributed by atoms with Crippen LogP contribution in [0.5, 0.6) is 0 Å². The molecule has 0 bridgehead atoms. The summed E-state index contributed by atoms with van der Waals surface area (Å²) in [7, 11) is 3.47. The first-order valence-corrected chi connectivity index (χ1v) is 5.80. The van der Waals surface area contributed by atoms with E-state index in [0.717, 1.165) is 9.73 Å². The van der Waals surface area contributed by atoms with Gasteiger partial charge in [-0.1, -0.05) is 0 Å². The molecule has 1 N–H and O–H groups in total. The van der Waals surface area contributed by atoms with Crippen LogP contribution in [-0.2, 0) is 4.74 Å². The Hall–Kier alpha value is -0.170. The monoisotopic (exact) mass is 280 g/mol. The van der Waals surface area contributed by atoms with E-state index in [1.165, 1.54) is 11.3 Å². The van der Waals surface area contributed by atoms with Gasteiger partial charge in [0.2, 0.25) is 0 Å². The summed E-state index contributed by atoms with van der Waals surface area (Å²) in [6, 6.07) is 0. The van der Waals surface area contributed by atoms with Crippen molar-refractivity contribution in [3.05, 3.63) is 9.98 Å². The third-order valence-electron chi connectivity index (χ3n) is 1.63. The minimum Gasteiger partial charge on any atom is -0.389 e. The van der Waals surface area contributed by atoms with Crippen molar-refractivity contribution in [1.29, 1.82) is 0 Å². The zero-order valence-corrected chi connectivity index (χ0v) is 10.5. The van der Waals surface area contributed by atoms with Gasteiger partial charge in [-0.3, -0.25) is 0 Å². The normalized spacial score (nSPS) is 12.9. The summed E-state index contributed by atoms with van der Waals surface area (Å²) in [5, 5.41) is 12.3. The van der Waals surface area contributed by atoms with Crippen molar-refractivity contribution in [2.24, 2.45) is 0 Å². The molecule has 1 aromatic heterocycles. The molecule has 0 aliphatic carbocycles. The van der Waals surface area contributed by atoms with Crippen LogP contribution in [0.3, 0.4) is 0 Å². The Balaban J connectivity index is 2.45. The fourth-order valence-electron chi connectivity index (χ4n) is 1.06. The molecule has 0 amide bonds. The van der Waals surface area contributed by atoms with Crippen molar-refractivity contribution in [3.8, 4) is 0 Å². The van der Waals surface area contributed by atoms with Gasteiger partial charge in [-0.05, 0) is 15.9 Å². The minimum atomic E-state index is -0.479. The number of thiazole rings is 1. The minimum absolute atomic E-state index is 0.344. The first-order chi connectivity index (χ1) is 6.63. The second-order valence-corrected chi connectivity index (χ2v) is 4.59. The molecule has 1 aromatic rings. The smallest absolute Gasteiger partial charge is 0.186 e. The Kier molecular flexibility index (Phi) is 4.80. The Labute approximate surface area is 95.7 Å². The van der Waals surface area contributed by atoms with E-state index in [4.69, 9.17) is 4.74 Å². The molecule has 80 valence electrons. The van der Waals surface area contributed by atoms with Gasteiger partial charge >= 0.3 is 0 Å². The fraction of sp³-hybridized carbons (Fsp3) is 0.625. The number of ether oxygens (including phenoxy) is 1. The summed E-state index contributed by atoms with van der Waals surface area (Å²) in [6.45, 7) is 0.866. The number of anilines is 1. The van der Waals surface area contributed by atoms with Crippen molar-refractivity contribution in [2.75, 3.05) is 32.2 Å². The number of hydrogen-bond acceptors (Lipinski definition) is 5. The zero-order valence-electron chi connectivity index (χ0n) is 8.11. The lowest BCUT2D eigenvalue weighted by molar-refractivity contribution is 0.0695. The molecule has 0 spiro atoms. The number of aliphatic hydroxyl groups excluding tert-OH is 1. The molecule has 1 heterocycles. The molecule has 0 fully saturated rings.